The Morgan fingerprint density at radius 1 is 1.28 bits per heavy atom. The molecule has 1 aliphatic heterocycles. The molecular weight excluding hydrogens is 392 g/mol. The van der Waals surface area contributed by atoms with Crippen LogP contribution >= 0.6 is 11.6 Å². The number of halogens is 1. The van der Waals surface area contributed by atoms with E-state index < -0.39 is 17.7 Å². The Hall–Kier alpha value is -2.77. The zero-order chi connectivity index (χ0) is 21.3. The smallest absolute Gasteiger partial charge is 0.295 e. The predicted octanol–water partition coefficient (Wildman–Crippen LogP) is 2.73. The highest BCUT2D eigenvalue weighted by Gasteiger charge is 2.46. The summed E-state index contributed by atoms with van der Waals surface area (Å²) in [5.74, 6) is -1.11. The lowest BCUT2D eigenvalue weighted by Crippen LogP contribution is -2.35. The summed E-state index contributed by atoms with van der Waals surface area (Å²) in [6.45, 7) is 4.36. The maximum absolute atomic E-state index is 12.9. The molecule has 0 bridgehead atoms. The number of likely N-dealkylation sites (tertiary alicyclic amines) is 1. The van der Waals surface area contributed by atoms with E-state index in [0.717, 1.165) is 0 Å². The van der Waals surface area contributed by atoms with Crippen LogP contribution in [0, 0.1) is 13.8 Å². The Bertz CT molecular complexity index is 1000. The summed E-state index contributed by atoms with van der Waals surface area (Å²) in [6.07, 6.45) is 1.47. The van der Waals surface area contributed by atoms with Gasteiger partial charge in [0.1, 0.15) is 11.6 Å². The fourth-order valence-corrected chi connectivity index (χ4v) is 3.60. The van der Waals surface area contributed by atoms with Gasteiger partial charge in [0.25, 0.3) is 11.7 Å². The molecule has 0 saturated carbocycles. The number of hydrogen-bond acceptors (Lipinski definition) is 6. The van der Waals surface area contributed by atoms with Gasteiger partial charge in [-0.25, -0.2) is 9.97 Å². The first-order valence-electron chi connectivity index (χ1n) is 9.20. The van der Waals surface area contributed by atoms with Crippen molar-refractivity contribution >= 4 is 29.1 Å². The van der Waals surface area contributed by atoms with E-state index in [9.17, 15) is 14.7 Å². The van der Waals surface area contributed by atoms with E-state index in [4.69, 9.17) is 11.6 Å². The normalized spacial score (nSPS) is 18.7. The standard InChI is InChI=1S/C21H23ClN4O3/c1-12-16(11-23-13(2)24-12)19(27)17-18(14-6-5-7-15(22)10-14)26(9-8-25(3)4)21(29)20(17)28/h5-7,10-11,18,27H,8-9H2,1-4H3/b19-17+. The summed E-state index contributed by atoms with van der Waals surface area (Å²) in [4.78, 5) is 37.5. The Labute approximate surface area is 174 Å². The van der Waals surface area contributed by atoms with Gasteiger partial charge in [-0.3, -0.25) is 9.59 Å². The van der Waals surface area contributed by atoms with Crippen LogP contribution in [0.5, 0.6) is 0 Å². The molecule has 1 unspecified atom stereocenters. The third-order valence-corrected chi connectivity index (χ3v) is 5.08. The van der Waals surface area contributed by atoms with Crippen LogP contribution in [0.15, 0.2) is 36.0 Å². The van der Waals surface area contributed by atoms with Gasteiger partial charge < -0.3 is 14.9 Å². The SMILES string of the molecule is Cc1ncc(/C(O)=C2\C(=O)C(=O)N(CCN(C)C)C2c2cccc(Cl)c2)c(C)n1. The van der Waals surface area contributed by atoms with Gasteiger partial charge in [-0.05, 0) is 45.6 Å². The number of aliphatic hydroxyl groups excluding tert-OH is 1. The molecule has 1 aliphatic rings. The fourth-order valence-electron chi connectivity index (χ4n) is 3.40. The molecule has 0 radical (unpaired) electrons. The van der Waals surface area contributed by atoms with Crippen LogP contribution in [0.2, 0.25) is 5.02 Å². The second-order valence-corrected chi connectivity index (χ2v) is 7.70. The Morgan fingerprint density at radius 3 is 2.62 bits per heavy atom. The topological polar surface area (TPSA) is 86.6 Å². The molecule has 1 fully saturated rings. The third kappa shape index (κ3) is 4.16. The number of carbonyl (C=O) groups excluding carboxylic acids is 2. The van der Waals surface area contributed by atoms with Gasteiger partial charge in [0.2, 0.25) is 0 Å². The van der Waals surface area contributed by atoms with Crippen molar-refractivity contribution in [2.45, 2.75) is 19.9 Å². The molecule has 1 aromatic carbocycles. The second kappa shape index (κ2) is 8.31. The quantitative estimate of drug-likeness (QED) is 0.460. The van der Waals surface area contributed by atoms with Gasteiger partial charge in [-0.2, -0.15) is 0 Å². The summed E-state index contributed by atoms with van der Waals surface area (Å²) < 4.78 is 0. The maximum Gasteiger partial charge on any atom is 0.295 e. The molecule has 2 aromatic rings. The van der Waals surface area contributed by atoms with E-state index in [-0.39, 0.29) is 11.3 Å². The van der Waals surface area contributed by atoms with E-state index >= 15 is 0 Å². The number of aryl methyl sites for hydroxylation is 2. The molecule has 1 aromatic heterocycles. The van der Waals surface area contributed by atoms with Crippen molar-refractivity contribution in [1.82, 2.24) is 19.8 Å². The Morgan fingerprint density at radius 2 is 2.00 bits per heavy atom. The van der Waals surface area contributed by atoms with E-state index in [2.05, 4.69) is 9.97 Å². The predicted molar refractivity (Wildman–Crippen MR) is 111 cm³/mol. The Kier molecular flexibility index (Phi) is 6.00. The fraction of sp³-hybridized carbons (Fsp3) is 0.333. The van der Waals surface area contributed by atoms with Crippen molar-refractivity contribution in [3.63, 3.8) is 0 Å². The monoisotopic (exact) mass is 414 g/mol. The lowest BCUT2D eigenvalue weighted by Gasteiger charge is -2.26. The van der Waals surface area contributed by atoms with Crippen LogP contribution in [-0.2, 0) is 9.59 Å². The summed E-state index contributed by atoms with van der Waals surface area (Å²) >= 11 is 6.16. The number of aliphatic hydroxyl groups is 1. The number of ketones is 1. The second-order valence-electron chi connectivity index (χ2n) is 7.27. The number of hydrogen-bond donors (Lipinski definition) is 1. The van der Waals surface area contributed by atoms with E-state index in [1.807, 2.05) is 19.0 Å². The molecular formula is C21H23ClN4O3. The largest absolute Gasteiger partial charge is 0.507 e. The van der Waals surface area contributed by atoms with Crippen LogP contribution in [0.25, 0.3) is 5.76 Å². The minimum absolute atomic E-state index is 0.0200. The third-order valence-electron chi connectivity index (χ3n) is 4.85. The summed E-state index contributed by atoms with van der Waals surface area (Å²) in [6, 6.07) is 6.22. The van der Waals surface area contributed by atoms with Crippen molar-refractivity contribution in [3.8, 4) is 0 Å². The van der Waals surface area contributed by atoms with Crippen molar-refractivity contribution in [1.29, 1.82) is 0 Å². The first kappa shape index (κ1) is 21.0. The van der Waals surface area contributed by atoms with Gasteiger partial charge in [0.15, 0.2) is 0 Å². The molecule has 1 N–H and O–H groups in total. The Balaban J connectivity index is 2.19. The number of aromatic nitrogens is 2. The van der Waals surface area contributed by atoms with Gasteiger partial charge in [0.05, 0.1) is 22.9 Å². The number of nitrogens with zero attached hydrogens (tertiary/aromatic N) is 4. The zero-order valence-electron chi connectivity index (χ0n) is 16.8. The lowest BCUT2D eigenvalue weighted by molar-refractivity contribution is -0.140. The first-order valence-corrected chi connectivity index (χ1v) is 9.57. The van der Waals surface area contributed by atoms with Gasteiger partial charge >= 0.3 is 0 Å². The summed E-state index contributed by atoms with van der Waals surface area (Å²) in [7, 11) is 3.77. The van der Waals surface area contributed by atoms with Crippen LogP contribution in [0.4, 0.5) is 0 Å². The molecule has 0 aliphatic carbocycles. The van der Waals surface area contributed by atoms with Crippen molar-refractivity contribution in [2.24, 2.45) is 0 Å². The number of Topliss-reactive ketones (excluding diaryl/α,β-unsaturated/α-hetero) is 1. The molecule has 8 heteroatoms. The maximum atomic E-state index is 12.9. The van der Waals surface area contributed by atoms with Gasteiger partial charge in [-0.15, -0.1) is 0 Å². The molecule has 1 atom stereocenters. The highest BCUT2D eigenvalue weighted by Crippen LogP contribution is 2.40. The van der Waals surface area contributed by atoms with Crippen molar-refractivity contribution in [3.05, 3.63) is 63.7 Å². The number of amides is 1. The molecule has 152 valence electrons. The molecule has 1 saturated heterocycles. The van der Waals surface area contributed by atoms with Crippen LogP contribution < -0.4 is 0 Å². The molecule has 29 heavy (non-hydrogen) atoms. The molecule has 7 nitrogen and oxygen atoms in total. The van der Waals surface area contributed by atoms with Crippen molar-refractivity contribution in [2.75, 3.05) is 27.2 Å². The van der Waals surface area contributed by atoms with Crippen LogP contribution in [-0.4, -0.2) is 63.7 Å². The molecule has 1 amide bonds. The number of rotatable bonds is 5. The molecule has 0 spiro atoms. The lowest BCUT2D eigenvalue weighted by atomic mass is 9.95. The highest BCUT2D eigenvalue weighted by molar-refractivity contribution is 6.46. The van der Waals surface area contributed by atoms with Crippen LogP contribution in [0.1, 0.15) is 28.7 Å². The van der Waals surface area contributed by atoms with Gasteiger partial charge in [0, 0.05) is 24.3 Å². The average Bonchev–Trinajstić information content (AvgIpc) is 2.90. The van der Waals surface area contributed by atoms with E-state index in [1.165, 1.54) is 11.1 Å². The molecule has 3 rings (SSSR count). The van der Waals surface area contributed by atoms with E-state index in [1.54, 1.807) is 38.1 Å². The van der Waals surface area contributed by atoms with Crippen LogP contribution in [0.3, 0.4) is 0 Å². The first-order chi connectivity index (χ1) is 13.7. The number of likely N-dealkylation sites (N-methyl/N-ethyl adjacent to an activating group) is 1. The van der Waals surface area contributed by atoms with E-state index in [0.29, 0.717) is 40.8 Å². The van der Waals surface area contributed by atoms with Crippen molar-refractivity contribution < 1.29 is 14.7 Å². The van der Waals surface area contributed by atoms with Gasteiger partial charge in [-0.1, -0.05) is 23.7 Å². The summed E-state index contributed by atoms with van der Waals surface area (Å²) in [5, 5.41) is 11.5. The minimum Gasteiger partial charge on any atom is -0.507 e. The zero-order valence-corrected chi connectivity index (χ0v) is 17.6. The molecule has 2 heterocycles. The average molecular weight is 415 g/mol. The summed E-state index contributed by atoms with van der Waals surface area (Å²) in [5.41, 5.74) is 1.53. The number of benzene rings is 1. The highest BCUT2D eigenvalue weighted by atomic mass is 35.5. The minimum atomic E-state index is -0.741. The number of carbonyl (C=O) groups is 2.